The van der Waals surface area contributed by atoms with E-state index in [-0.39, 0.29) is 5.41 Å². The minimum absolute atomic E-state index is 0.157. The summed E-state index contributed by atoms with van der Waals surface area (Å²) in [4.78, 5) is 2.55. The first kappa shape index (κ1) is 33.7. The zero-order chi connectivity index (χ0) is 39.7. The van der Waals surface area contributed by atoms with E-state index in [2.05, 4.69) is 217 Å². The Balaban J connectivity index is 1.20. The third-order valence-corrected chi connectivity index (χ3v) is 14.5. The van der Waals surface area contributed by atoms with Crippen LogP contribution in [0.4, 0.5) is 17.1 Å². The third-order valence-electron chi connectivity index (χ3n) is 13.3. The highest BCUT2D eigenvalue weighted by Crippen LogP contribution is 2.52. The monoisotopic (exact) mass is 782 g/mol. The summed E-state index contributed by atoms with van der Waals surface area (Å²) in [6, 6.07) is 72.7. The number of rotatable bonds is 4. The number of thiophene rings is 1. The summed E-state index contributed by atoms with van der Waals surface area (Å²) in [6.07, 6.45) is 0. The summed E-state index contributed by atoms with van der Waals surface area (Å²) < 4.78 is 5.12. The van der Waals surface area contributed by atoms with Crippen molar-refractivity contribution in [3.63, 3.8) is 0 Å². The van der Waals surface area contributed by atoms with Gasteiger partial charge in [0, 0.05) is 47.7 Å². The normalized spacial score (nSPS) is 13.3. The Bertz CT molecular complexity index is 3720. The minimum Gasteiger partial charge on any atom is -0.308 e. The van der Waals surface area contributed by atoms with E-state index in [0.29, 0.717) is 0 Å². The van der Waals surface area contributed by atoms with Gasteiger partial charge in [0.2, 0.25) is 0 Å². The van der Waals surface area contributed by atoms with Crippen LogP contribution in [-0.4, -0.2) is 4.57 Å². The molecule has 0 atom stereocenters. The summed E-state index contributed by atoms with van der Waals surface area (Å²) in [5.41, 5.74) is 12.1. The molecule has 0 saturated heterocycles. The molecule has 0 fully saturated rings. The van der Waals surface area contributed by atoms with Crippen molar-refractivity contribution in [3.05, 3.63) is 205 Å². The third kappa shape index (κ3) is 4.64. The molecule has 0 saturated carbocycles. The van der Waals surface area contributed by atoms with E-state index < -0.39 is 0 Å². The lowest BCUT2D eigenvalue weighted by molar-refractivity contribution is 0.660. The van der Waals surface area contributed by atoms with E-state index >= 15 is 0 Å². The molecule has 0 radical (unpaired) electrons. The minimum atomic E-state index is -0.157. The van der Waals surface area contributed by atoms with Crippen molar-refractivity contribution in [2.45, 2.75) is 19.3 Å². The van der Waals surface area contributed by atoms with Gasteiger partial charge in [-0.25, -0.2) is 0 Å². The van der Waals surface area contributed by atoms with E-state index in [1.54, 1.807) is 0 Å². The van der Waals surface area contributed by atoms with Gasteiger partial charge in [-0.1, -0.05) is 147 Å². The topological polar surface area (TPSA) is 8.17 Å². The molecule has 0 aliphatic heterocycles. The van der Waals surface area contributed by atoms with Gasteiger partial charge in [-0.3, -0.25) is 0 Å². The SMILES string of the molecule is CC1(C)c2ccccc2-c2ccc(N(c3ccc4sc5ccccc5c4c3)c3cc4c5ccccc5c5ccccc5c4cc3-n3c4ccccc4c4ccccc43)cc21. The second-order valence-electron chi connectivity index (χ2n) is 16.9. The molecular formula is C57H38N2S. The van der Waals surface area contributed by atoms with Gasteiger partial charge in [0.15, 0.2) is 0 Å². The van der Waals surface area contributed by atoms with Crippen molar-refractivity contribution in [2.24, 2.45) is 0 Å². The molecule has 3 heteroatoms. The molecule has 2 nitrogen and oxygen atoms in total. The predicted octanol–water partition coefficient (Wildman–Crippen LogP) is 16.4. The molecule has 60 heavy (non-hydrogen) atoms. The fraction of sp³-hybridized carbons (Fsp3) is 0.0526. The van der Waals surface area contributed by atoms with Crippen molar-refractivity contribution >= 4 is 103 Å². The molecule has 0 bridgehead atoms. The van der Waals surface area contributed by atoms with Gasteiger partial charge in [0.05, 0.1) is 22.4 Å². The fourth-order valence-corrected chi connectivity index (χ4v) is 11.7. The fourth-order valence-electron chi connectivity index (χ4n) is 10.6. The lowest BCUT2D eigenvalue weighted by Crippen LogP contribution is -2.17. The second kappa shape index (κ2) is 12.4. The van der Waals surface area contributed by atoms with Gasteiger partial charge in [-0.15, -0.1) is 11.3 Å². The van der Waals surface area contributed by atoms with Crippen LogP contribution >= 0.6 is 11.3 Å². The van der Waals surface area contributed by atoms with Crippen molar-refractivity contribution in [1.29, 1.82) is 0 Å². The van der Waals surface area contributed by atoms with Gasteiger partial charge < -0.3 is 9.47 Å². The molecular weight excluding hydrogens is 745 g/mol. The molecule has 10 aromatic carbocycles. The highest BCUT2D eigenvalue weighted by atomic mass is 32.1. The van der Waals surface area contributed by atoms with Crippen LogP contribution in [0.15, 0.2) is 194 Å². The van der Waals surface area contributed by atoms with Crippen molar-refractivity contribution in [1.82, 2.24) is 4.57 Å². The summed E-state index contributed by atoms with van der Waals surface area (Å²) in [6.45, 7) is 4.76. The lowest BCUT2D eigenvalue weighted by atomic mass is 9.82. The standard InChI is InChI=1S/C57H38N2S/c1-57(2)49-23-11-7-19-41(49)42-29-27-36(32-50(42)57)58(35-28-30-56-48(31-35)45-22-10-14-26-55(45)60-56)53-33-46-39-17-5-3-15-37(39)38-16-4-6-18-40(38)47(46)34-54(53)59-51-24-12-8-20-43(51)44-21-9-13-25-52(44)59/h3-34H,1-2H3. The Labute approximate surface area is 351 Å². The van der Waals surface area contributed by atoms with Crippen LogP contribution in [0.2, 0.25) is 0 Å². The number of fused-ring (bicyclic) bond motifs is 15. The molecule has 0 spiro atoms. The molecule has 12 aromatic rings. The van der Waals surface area contributed by atoms with Crippen LogP contribution < -0.4 is 4.90 Å². The van der Waals surface area contributed by atoms with Gasteiger partial charge in [0.25, 0.3) is 0 Å². The van der Waals surface area contributed by atoms with Gasteiger partial charge in [-0.2, -0.15) is 0 Å². The number of hydrogen-bond acceptors (Lipinski definition) is 2. The van der Waals surface area contributed by atoms with Crippen LogP contribution in [0, 0.1) is 0 Å². The van der Waals surface area contributed by atoms with Crippen LogP contribution in [0.3, 0.4) is 0 Å². The first-order valence-electron chi connectivity index (χ1n) is 20.8. The molecule has 1 aliphatic rings. The number of anilines is 3. The summed E-state index contributed by atoms with van der Waals surface area (Å²) in [7, 11) is 0. The number of aromatic nitrogens is 1. The summed E-state index contributed by atoms with van der Waals surface area (Å²) in [5, 5.41) is 12.6. The largest absolute Gasteiger partial charge is 0.308 e. The average molecular weight is 783 g/mol. The maximum Gasteiger partial charge on any atom is 0.0709 e. The van der Waals surface area contributed by atoms with Crippen molar-refractivity contribution in [2.75, 3.05) is 4.90 Å². The van der Waals surface area contributed by atoms with Gasteiger partial charge in [-0.05, 0) is 115 Å². The van der Waals surface area contributed by atoms with E-state index in [4.69, 9.17) is 0 Å². The highest BCUT2D eigenvalue weighted by Gasteiger charge is 2.36. The van der Waals surface area contributed by atoms with E-state index in [1.165, 1.54) is 96.5 Å². The Morgan fingerprint density at radius 3 is 1.58 bits per heavy atom. The molecule has 282 valence electrons. The Morgan fingerprint density at radius 2 is 0.883 bits per heavy atom. The van der Waals surface area contributed by atoms with Crippen LogP contribution in [0.25, 0.3) is 91.1 Å². The molecule has 0 N–H and O–H groups in total. The maximum atomic E-state index is 2.55. The van der Waals surface area contributed by atoms with Crippen molar-refractivity contribution < 1.29 is 0 Å². The quantitative estimate of drug-likeness (QED) is 0.161. The van der Waals surface area contributed by atoms with E-state index in [1.807, 2.05) is 11.3 Å². The first-order chi connectivity index (χ1) is 29.5. The van der Waals surface area contributed by atoms with E-state index in [0.717, 1.165) is 22.7 Å². The number of hydrogen-bond donors (Lipinski definition) is 0. The van der Waals surface area contributed by atoms with E-state index in [9.17, 15) is 0 Å². The molecule has 1 aliphatic carbocycles. The highest BCUT2D eigenvalue weighted by molar-refractivity contribution is 7.25. The number of benzene rings is 10. The van der Waals surface area contributed by atoms with Crippen LogP contribution in [0.1, 0.15) is 25.0 Å². The zero-order valence-corrected chi connectivity index (χ0v) is 34.1. The molecule has 2 aromatic heterocycles. The van der Waals surface area contributed by atoms with Crippen LogP contribution in [0.5, 0.6) is 0 Å². The molecule has 2 heterocycles. The first-order valence-corrected chi connectivity index (χ1v) is 21.7. The zero-order valence-electron chi connectivity index (χ0n) is 33.3. The second-order valence-corrected chi connectivity index (χ2v) is 17.9. The van der Waals surface area contributed by atoms with Crippen LogP contribution in [-0.2, 0) is 5.41 Å². The molecule has 13 rings (SSSR count). The average Bonchev–Trinajstić information content (AvgIpc) is 3.91. The number of nitrogens with zero attached hydrogens (tertiary/aromatic N) is 2. The molecule has 0 unspecified atom stereocenters. The Hall–Kier alpha value is -7.20. The molecule has 0 amide bonds. The van der Waals surface area contributed by atoms with Gasteiger partial charge >= 0.3 is 0 Å². The summed E-state index contributed by atoms with van der Waals surface area (Å²) >= 11 is 1.87. The maximum absolute atomic E-state index is 2.55. The Morgan fingerprint density at radius 1 is 0.383 bits per heavy atom. The lowest BCUT2D eigenvalue weighted by Gasteiger charge is -2.31. The van der Waals surface area contributed by atoms with Crippen molar-refractivity contribution in [3.8, 4) is 16.8 Å². The number of para-hydroxylation sites is 2. The predicted molar refractivity (Wildman–Crippen MR) is 258 cm³/mol. The Kier molecular flexibility index (Phi) is 6.98. The smallest absolute Gasteiger partial charge is 0.0709 e. The van der Waals surface area contributed by atoms with Gasteiger partial charge in [0.1, 0.15) is 0 Å². The summed E-state index contributed by atoms with van der Waals surface area (Å²) in [5.74, 6) is 0.